The van der Waals surface area contributed by atoms with E-state index >= 15 is 0 Å². The zero-order valence-corrected chi connectivity index (χ0v) is 17.3. The Labute approximate surface area is 168 Å². The summed E-state index contributed by atoms with van der Waals surface area (Å²) in [6, 6.07) is 7.44. The number of fused-ring (bicyclic) bond motifs is 1. The second kappa shape index (κ2) is 8.02. The first kappa shape index (κ1) is 23.9. The van der Waals surface area contributed by atoms with Crippen LogP contribution in [-0.4, -0.2) is 9.78 Å². The molecule has 0 unspecified atom stereocenters. The number of hydrogen-bond acceptors (Lipinski definition) is 3. The first-order chi connectivity index (χ1) is 13.6. The topological polar surface area (TPSA) is 51.9 Å². The van der Waals surface area contributed by atoms with E-state index in [-0.39, 0.29) is 5.63 Å². The van der Waals surface area contributed by atoms with Crippen LogP contribution in [0.4, 0.5) is 25.2 Å². The summed E-state index contributed by atoms with van der Waals surface area (Å²) in [4.78, 5) is 11.8. The van der Waals surface area contributed by atoms with Crippen LogP contribution < -0.4 is 10.2 Å². The molecule has 30 heavy (non-hydrogen) atoms. The molecule has 0 aliphatic carbocycles. The standard InChI is InChI=1S/C18H22N3O2.F6P/c1-3-4-5-8-21-13-20(12-19-21)11-15-10-18(22)23-17-7-6-14(2)9-16(15)17;1-7(2,3,4,5)6/h6-7,9-10,12-13H,3-5,8,11H2,1-2H3;/q+1;-1. The van der Waals surface area contributed by atoms with E-state index in [1.807, 2.05) is 41.0 Å². The van der Waals surface area contributed by atoms with Crippen molar-refractivity contribution in [1.82, 2.24) is 9.78 Å². The van der Waals surface area contributed by atoms with Crippen molar-refractivity contribution >= 4 is 18.8 Å². The van der Waals surface area contributed by atoms with Gasteiger partial charge in [0.1, 0.15) is 12.1 Å². The van der Waals surface area contributed by atoms with Crippen LogP contribution in [0.3, 0.4) is 0 Å². The Bertz CT molecular complexity index is 1070. The van der Waals surface area contributed by atoms with Crippen LogP contribution in [0.15, 0.2) is 46.1 Å². The summed E-state index contributed by atoms with van der Waals surface area (Å²) in [6.07, 6.45) is 7.35. The molecular formula is C18H22F6N3O2P. The van der Waals surface area contributed by atoms with Crippen LogP contribution in [-0.2, 0) is 13.1 Å². The quantitative estimate of drug-likeness (QED) is 0.146. The van der Waals surface area contributed by atoms with Gasteiger partial charge in [0.2, 0.25) is 6.33 Å². The van der Waals surface area contributed by atoms with E-state index in [0.29, 0.717) is 12.1 Å². The van der Waals surface area contributed by atoms with Crippen molar-refractivity contribution in [3.63, 3.8) is 0 Å². The minimum absolute atomic E-state index is 0.313. The Morgan fingerprint density at radius 3 is 2.40 bits per heavy atom. The van der Waals surface area contributed by atoms with E-state index in [4.69, 9.17) is 4.42 Å². The van der Waals surface area contributed by atoms with Gasteiger partial charge in [-0.1, -0.05) is 31.4 Å². The summed E-state index contributed by atoms with van der Waals surface area (Å²) in [5.74, 6) is 0. The second-order valence-electron chi connectivity index (χ2n) is 6.94. The number of halogens is 6. The molecule has 0 amide bonds. The Morgan fingerprint density at radius 1 is 1.10 bits per heavy atom. The molecule has 0 aliphatic heterocycles. The second-order valence-corrected chi connectivity index (χ2v) is 8.85. The Balaban J connectivity index is 0.000000396. The molecule has 0 N–H and O–H groups in total. The van der Waals surface area contributed by atoms with Gasteiger partial charge in [-0.3, -0.25) is 0 Å². The van der Waals surface area contributed by atoms with Crippen LogP contribution >= 0.6 is 7.81 Å². The molecule has 0 radical (unpaired) electrons. The molecule has 5 nitrogen and oxygen atoms in total. The molecule has 12 heteroatoms. The van der Waals surface area contributed by atoms with E-state index in [1.54, 1.807) is 6.07 Å². The first-order valence-electron chi connectivity index (χ1n) is 9.12. The third kappa shape index (κ3) is 9.39. The van der Waals surface area contributed by atoms with Crippen LogP contribution in [0.5, 0.6) is 0 Å². The summed E-state index contributed by atoms with van der Waals surface area (Å²) in [5.41, 5.74) is 2.42. The minimum atomic E-state index is -10.7. The molecule has 0 saturated heterocycles. The first-order valence-corrected chi connectivity index (χ1v) is 11.1. The van der Waals surface area contributed by atoms with Crippen molar-refractivity contribution in [2.45, 2.75) is 46.2 Å². The third-order valence-electron chi connectivity index (χ3n) is 3.96. The summed E-state index contributed by atoms with van der Waals surface area (Å²) in [6.45, 7) is 5.77. The molecular weight excluding hydrogens is 435 g/mol. The average Bonchev–Trinajstić information content (AvgIpc) is 3.00. The van der Waals surface area contributed by atoms with Crippen molar-refractivity contribution in [2.24, 2.45) is 0 Å². The van der Waals surface area contributed by atoms with Crippen molar-refractivity contribution in [3.8, 4) is 0 Å². The van der Waals surface area contributed by atoms with Gasteiger partial charge in [0.05, 0.1) is 6.54 Å². The van der Waals surface area contributed by atoms with Gasteiger partial charge >= 0.3 is 38.6 Å². The van der Waals surface area contributed by atoms with E-state index in [2.05, 4.69) is 18.1 Å². The average molecular weight is 457 g/mol. The fourth-order valence-corrected chi connectivity index (χ4v) is 2.75. The molecule has 3 rings (SSSR count). The number of nitrogens with zero attached hydrogens (tertiary/aromatic N) is 3. The number of rotatable bonds is 6. The van der Waals surface area contributed by atoms with E-state index < -0.39 is 7.81 Å². The molecule has 2 heterocycles. The zero-order chi connectivity index (χ0) is 22.6. The number of benzene rings is 1. The molecule has 168 valence electrons. The summed E-state index contributed by atoms with van der Waals surface area (Å²) >= 11 is 0. The summed E-state index contributed by atoms with van der Waals surface area (Å²) < 4.78 is 68.4. The van der Waals surface area contributed by atoms with Gasteiger partial charge < -0.3 is 4.42 Å². The zero-order valence-electron chi connectivity index (χ0n) is 16.4. The van der Waals surface area contributed by atoms with Crippen LogP contribution in [0, 0.1) is 6.92 Å². The van der Waals surface area contributed by atoms with Crippen LogP contribution in [0.1, 0.15) is 37.3 Å². The SMILES string of the molecule is CCCCCn1c[n+](Cc2cc(=O)oc3ccc(C)cc23)cn1.F[P-](F)(F)(F)(F)F. The maximum atomic E-state index is 11.8. The predicted molar refractivity (Wildman–Crippen MR) is 102 cm³/mol. The Morgan fingerprint density at radius 2 is 1.77 bits per heavy atom. The molecule has 0 aliphatic rings. The fraction of sp³-hybridized carbons (Fsp3) is 0.389. The molecule has 0 fully saturated rings. The Hall–Kier alpha value is -2.42. The normalized spacial score (nSPS) is 14.0. The van der Waals surface area contributed by atoms with Gasteiger partial charge in [-0.15, -0.1) is 4.68 Å². The summed E-state index contributed by atoms with van der Waals surface area (Å²) in [5, 5.41) is 5.36. The fourth-order valence-electron chi connectivity index (χ4n) is 2.75. The van der Waals surface area contributed by atoms with Crippen molar-refractivity contribution in [3.05, 3.63) is 58.5 Å². The maximum absolute atomic E-state index is 11.8. The molecule has 0 atom stereocenters. The van der Waals surface area contributed by atoms with Gasteiger partial charge in [0.25, 0.3) is 6.33 Å². The monoisotopic (exact) mass is 457 g/mol. The number of hydrogen-bond donors (Lipinski definition) is 0. The van der Waals surface area contributed by atoms with Gasteiger partial charge in [-0.25, -0.2) is 9.36 Å². The van der Waals surface area contributed by atoms with E-state index in [0.717, 1.165) is 29.5 Å². The number of aryl methyl sites for hydroxylation is 2. The molecule has 0 bridgehead atoms. The van der Waals surface area contributed by atoms with Gasteiger partial charge in [0.15, 0.2) is 0 Å². The van der Waals surface area contributed by atoms with E-state index in [9.17, 15) is 30.0 Å². The number of unbranched alkanes of at least 4 members (excludes halogenated alkanes) is 2. The summed E-state index contributed by atoms with van der Waals surface area (Å²) in [7, 11) is -10.7. The molecule has 1 aromatic carbocycles. The molecule has 0 spiro atoms. The third-order valence-corrected chi connectivity index (χ3v) is 3.96. The number of aromatic nitrogens is 3. The molecule has 0 saturated carbocycles. The Kier molecular flexibility index (Phi) is 6.37. The van der Waals surface area contributed by atoms with Crippen molar-refractivity contribution in [2.75, 3.05) is 0 Å². The predicted octanol–water partition coefficient (Wildman–Crippen LogP) is 6.21. The van der Waals surface area contributed by atoms with Gasteiger partial charge in [-0.05, 0) is 25.5 Å². The van der Waals surface area contributed by atoms with Crippen LogP contribution in [0.25, 0.3) is 11.0 Å². The molecule has 3 aromatic rings. The van der Waals surface area contributed by atoms with Gasteiger partial charge in [0, 0.05) is 22.1 Å². The van der Waals surface area contributed by atoms with Crippen molar-refractivity contribution in [1.29, 1.82) is 0 Å². The van der Waals surface area contributed by atoms with Gasteiger partial charge in [-0.2, -0.15) is 0 Å². The van der Waals surface area contributed by atoms with Crippen LogP contribution in [0.2, 0.25) is 0 Å². The van der Waals surface area contributed by atoms with E-state index in [1.165, 1.54) is 12.8 Å². The van der Waals surface area contributed by atoms with Crippen molar-refractivity contribution < 1.29 is 34.2 Å². The molecule has 2 aromatic heterocycles.